The van der Waals surface area contributed by atoms with Crippen LogP contribution < -0.4 is 10.9 Å². The zero-order chi connectivity index (χ0) is 25.3. The minimum Gasteiger partial charge on any atom is -0.324 e. The second kappa shape index (κ2) is 9.89. The Morgan fingerprint density at radius 3 is 2.60 bits per heavy atom. The lowest BCUT2D eigenvalue weighted by Gasteiger charge is -2.18. The Kier molecular flexibility index (Phi) is 6.90. The van der Waals surface area contributed by atoms with Crippen molar-refractivity contribution < 1.29 is 9.72 Å². The first-order valence-corrected chi connectivity index (χ1v) is 11.9. The van der Waals surface area contributed by atoms with Crippen LogP contribution in [0.15, 0.2) is 70.6 Å². The van der Waals surface area contributed by atoms with E-state index in [1.165, 1.54) is 22.8 Å². The van der Waals surface area contributed by atoms with Crippen LogP contribution in [0.3, 0.4) is 0 Å². The molecule has 0 saturated carbocycles. The van der Waals surface area contributed by atoms with Crippen molar-refractivity contribution >= 4 is 51.5 Å². The monoisotopic (exact) mass is 508 g/mol. The molecule has 0 radical (unpaired) electrons. The number of non-ortho nitro benzene ring substituents is 1. The predicted molar refractivity (Wildman–Crippen MR) is 139 cm³/mol. The summed E-state index contributed by atoms with van der Waals surface area (Å²) in [7, 11) is 0. The maximum absolute atomic E-state index is 13.5. The highest BCUT2D eigenvalue weighted by atomic mass is 35.5. The molecule has 4 aromatic rings. The second-order valence-corrected chi connectivity index (χ2v) is 9.66. The van der Waals surface area contributed by atoms with Crippen molar-refractivity contribution in [2.45, 2.75) is 31.2 Å². The number of hydrogen-bond donors (Lipinski definition) is 1. The number of nitro groups is 1. The molecule has 0 bridgehead atoms. The molecule has 35 heavy (non-hydrogen) atoms. The fourth-order valence-electron chi connectivity index (χ4n) is 3.55. The summed E-state index contributed by atoms with van der Waals surface area (Å²) in [6.45, 7) is 5.59. The lowest BCUT2D eigenvalue weighted by molar-refractivity contribution is -0.384. The molecule has 0 aliphatic carbocycles. The lowest BCUT2D eigenvalue weighted by Crippen LogP contribution is -2.26. The highest BCUT2D eigenvalue weighted by molar-refractivity contribution is 8.00. The van der Waals surface area contributed by atoms with Crippen molar-refractivity contribution in [1.82, 2.24) is 9.55 Å². The van der Waals surface area contributed by atoms with E-state index in [0.717, 1.165) is 22.9 Å². The van der Waals surface area contributed by atoms with Gasteiger partial charge in [0, 0.05) is 12.1 Å². The van der Waals surface area contributed by atoms with Gasteiger partial charge in [-0.2, -0.15) is 0 Å². The second-order valence-electron chi connectivity index (χ2n) is 7.94. The first-order valence-electron chi connectivity index (χ1n) is 10.7. The minimum absolute atomic E-state index is 0.0564. The number of hydrogen-bond acceptors (Lipinski definition) is 6. The summed E-state index contributed by atoms with van der Waals surface area (Å²) in [4.78, 5) is 41.6. The van der Waals surface area contributed by atoms with Gasteiger partial charge in [-0.1, -0.05) is 47.6 Å². The third-order valence-corrected chi connectivity index (χ3v) is 7.00. The van der Waals surface area contributed by atoms with Gasteiger partial charge in [0.2, 0.25) is 5.91 Å². The molecule has 8 nitrogen and oxygen atoms in total. The number of rotatable bonds is 6. The summed E-state index contributed by atoms with van der Waals surface area (Å²) in [5.74, 6) is -0.388. The van der Waals surface area contributed by atoms with Crippen molar-refractivity contribution in [2.75, 3.05) is 5.32 Å². The van der Waals surface area contributed by atoms with Crippen molar-refractivity contribution in [3.05, 3.63) is 97.3 Å². The van der Waals surface area contributed by atoms with Gasteiger partial charge in [0.05, 0.1) is 37.5 Å². The van der Waals surface area contributed by atoms with E-state index >= 15 is 0 Å². The van der Waals surface area contributed by atoms with Crippen LogP contribution in [0.25, 0.3) is 16.6 Å². The molecule has 1 heterocycles. The molecule has 0 aliphatic heterocycles. The summed E-state index contributed by atoms with van der Waals surface area (Å²) < 4.78 is 1.54. The number of anilines is 1. The Morgan fingerprint density at radius 1 is 1.14 bits per heavy atom. The van der Waals surface area contributed by atoms with Crippen LogP contribution in [0.5, 0.6) is 0 Å². The average Bonchev–Trinajstić information content (AvgIpc) is 2.82. The van der Waals surface area contributed by atoms with E-state index in [2.05, 4.69) is 5.32 Å². The van der Waals surface area contributed by atoms with E-state index in [1.54, 1.807) is 31.2 Å². The zero-order valence-electron chi connectivity index (χ0n) is 19.1. The van der Waals surface area contributed by atoms with E-state index in [0.29, 0.717) is 21.7 Å². The fraction of sp³-hybridized carbons (Fsp3) is 0.160. The number of benzene rings is 3. The molecule has 1 aromatic heterocycles. The molecule has 1 unspecified atom stereocenters. The summed E-state index contributed by atoms with van der Waals surface area (Å²) in [6.07, 6.45) is 0. The minimum atomic E-state index is -0.661. The predicted octanol–water partition coefficient (Wildman–Crippen LogP) is 5.68. The smallest absolute Gasteiger partial charge is 0.271 e. The van der Waals surface area contributed by atoms with Crippen molar-refractivity contribution in [3.8, 4) is 5.69 Å². The summed E-state index contributed by atoms with van der Waals surface area (Å²) in [5.41, 5.74) is 3.05. The number of para-hydroxylation sites is 1. The van der Waals surface area contributed by atoms with E-state index in [-0.39, 0.29) is 27.9 Å². The van der Waals surface area contributed by atoms with E-state index < -0.39 is 10.2 Å². The number of fused-ring (bicyclic) bond motifs is 1. The van der Waals surface area contributed by atoms with Crippen LogP contribution >= 0.6 is 23.4 Å². The number of carbonyl (C=O) groups is 1. The Bertz CT molecular complexity index is 1540. The maximum Gasteiger partial charge on any atom is 0.271 e. The number of aromatic nitrogens is 2. The lowest BCUT2D eigenvalue weighted by atomic mass is 10.1. The normalized spacial score (nSPS) is 11.9. The van der Waals surface area contributed by atoms with Crippen LogP contribution in [0, 0.1) is 24.0 Å². The Morgan fingerprint density at radius 2 is 1.89 bits per heavy atom. The Labute approximate surface area is 210 Å². The zero-order valence-corrected chi connectivity index (χ0v) is 20.7. The van der Waals surface area contributed by atoms with Gasteiger partial charge in [-0.3, -0.25) is 24.3 Å². The first-order chi connectivity index (χ1) is 16.7. The van der Waals surface area contributed by atoms with Gasteiger partial charge in [0.1, 0.15) is 0 Å². The van der Waals surface area contributed by atoms with E-state index in [1.807, 2.05) is 32.0 Å². The van der Waals surface area contributed by atoms with Crippen molar-refractivity contribution in [2.24, 2.45) is 0 Å². The molecule has 0 aliphatic rings. The number of thioether (sulfide) groups is 1. The van der Waals surface area contributed by atoms with Gasteiger partial charge < -0.3 is 5.32 Å². The van der Waals surface area contributed by atoms with Gasteiger partial charge in [-0.05, 0) is 56.2 Å². The number of nitrogens with one attached hydrogen (secondary N) is 1. The van der Waals surface area contributed by atoms with Crippen LogP contribution in [0.1, 0.15) is 18.1 Å². The van der Waals surface area contributed by atoms with Crippen molar-refractivity contribution in [1.29, 1.82) is 0 Å². The Balaban J connectivity index is 1.72. The molecule has 0 fully saturated rings. The number of aryl methyl sites for hydroxylation is 1. The van der Waals surface area contributed by atoms with Gasteiger partial charge in [0.25, 0.3) is 11.2 Å². The SMILES string of the molecule is Cc1cccc(-n2c(SC(C)C(=O)Nc3ccc([N+](=O)[O-])cc3Cl)nc3ccccc3c2=O)c1C. The van der Waals surface area contributed by atoms with E-state index in [4.69, 9.17) is 16.6 Å². The summed E-state index contributed by atoms with van der Waals surface area (Å²) in [6, 6.07) is 16.6. The third-order valence-electron chi connectivity index (χ3n) is 5.63. The topological polar surface area (TPSA) is 107 Å². The number of amides is 1. The molecule has 4 rings (SSSR count). The molecule has 1 amide bonds. The van der Waals surface area contributed by atoms with Crippen LogP contribution in [-0.2, 0) is 4.79 Å². The highest BCUT2D eigenvalue weighted by Gasteiger charge is 2.22. The number of nitro benzene ring substituents is 1. The molecule has 178 valence electrons. The quantitative estimate of drug-likeness (QED) is 0.155. The van der Waals surface area contributed by atoms with Crippen LogP contribution in [0.4, 0.5) is 11.4 Å². The van der Waals surface area contributed by atoms with Gasteiger partial charge in [-0.25, -0.2) is 4.98 Å². The fourth-order valence-corrected chi connectivity index (χ4v) is 4.69. The summed E-state index contributed by atoms with van der Waals surface area (Å²) in [5, 5.41) is 13.9. The molecule has 0 spiro atoms. The van der Waals surface area contributed by atoms with E-state index in [9.17, 15) is 19.7 Å². The van der Waals surface area contributed by atoms with Gasteiger partial charge in [0.15, 0.2) is 5.16 Å². The third kappa shape index (κ3) is 4.91. The maximum atomic E-state index is 13.5. The number of carbonyl (C=O) groups excluding carboxylic acids is 1. The molecule has 10 heteroatoms. The number of halogens is 1. The van der Waals surface area contributed by atoms with Gasteiger partial charge in [-0.15, -0.1) is 0 Å². The standard InChI is InChI=1S/C25H21ClN4O4S/c1-14-7-6-10-22(15(14)2)29-24(32)18-8-4-5-9-20(18)28-25(29)35-16(3)23(31)27-21-12-11-17(30(33)34)13-19(21)26/h4-13,16H,1-3H3,(H,27,31). The molecular formula is C25H21ClN4O4S. The molecular weight excluding hydrogens is 488 g/mol. The van der Waals surface area contributed by atoms with Crippen LogP contribution in [0.2, 0.25) is 5.02 Å². The molecule has 1 atom stereocenters. The average molecular weight is 509 g/mol. The Hall–Kier alpha value is -3.69. The molecule has 1 N–H and O–H groups in total. The molecule has 0 saturated heterocycles. The first kappa shape index (κ1) is 24.4. The van der Waals surface area contributed by atoms with Gasteiger partial charge >= 0.3 is 0 Å². The summed E-state index contributed by atoms with van der Waals surface area (Å²) >= 11 is 7.26. The largest absolute Gasteiger partial charge is 0.324 e. The highest BCUT2D eigenvalue weighted by Crippen LogP contribution is 2.30. The van der Waals surface area contributed by atoms with Crippen molar-refractivity contribution in [3.63, 3.8) is 0 Å². The number of nitrogens with zero attached hydrogens (tertiary/aromatic N) is 3. The van der Waals surface area contributed by atoms with Crippen LogP contribution in [-0.4, -0.2) is 25.6 Å². The molecule has 3 aromatic carbocycles.